The van der Waals surface area contributed by atoms with E-state index in [1.54, 1.807) is 0 Å². The Morgan fingerprint density at radius 2 is 1.88 bits per heavy atom. The Bertz CT molecular complexity index is 709. The van der Waals surface area contributed by atoms with Gasteiger partial charge in [-0.15, -0.1) is 11.6 Å². The predicted octanol–water partition coefficient (Wildman–Crippen LogP) is 3.83. The summed E-state index contributed by atoms with van der Waals surface area (Å²) in [6.07, 6.45) is 0. The molecule has 0 spiro atoms. The lowest BCUT2D eigenvalue weighted by Crippen LogP contribution is -1.86. The van der Waals surface area contributed by atoms with Gasteiger partial charge in [-0.1, -0.05) is 24.3 Å². The van der Waals surface area contributed by atoms with Crippen LogP contribution in [0.5, 0.6) is 5.75 Å². The molecule has 3 heteroatoms. The van der Waals surface area contributed by atoms with Gasteiger partial charge in [0.05, 0.1) is 16.9 Å². The second kappa shape index (κ2) is 3.90. The molecule has 84 valence electrons. The molecule has 3 aromatic rings. The molecule has 0 fully saturated rings. The second-order valence-corrected chi connectivity index (χ2v) is 4.22. The Labute approximate surface area is 103 Å². The Kier molecular flexibility index (Phi) is 2.37. The van der Waals surface area contributed by atoms with E-state index in [1.165, 1.54) is 0 Å². The lowest BCUT2D eigenvalue weighted by molar-refractivity contribution is 0.477. The Balaban J connectivity index is 2.44. The van der Waals surface area contributed by atoms with Crippen molar-refractivity contribution in [3.8, 4) is 5.75 Å². The molecule has 0 aliphatic carbocycles. The van der Waals surface area contributed by atoms with Crippen LogP contribution < -0.4 is 0 Å². The average Bonchev–Trinajstić information content (AvgIpc) is 2.37. The van der Waals surface area contributed by atoms with Crippen molar-refractivity contribution in [2.75, 3.05) is 0 Å². The van der Waals surface area contributed by atoms with Crippen LogP contribution in [0.25, 0.3) is 21.8 Å². The molecule has 2 nitrogen and oxygen atoms in total. The van der Waals surface area contributed by atoms with E-state index < -0.39 is 0 Å². The highest BCUT2D eigenvalue weighted by Crippen LogP contribution is 2.30. The van der Waals surface area contributed by atoms with Crippen molar-refractivity contribution in [1.29, 1.82) is 0 Å². The van der Waals surface area contributed by atoms with Gasteiger partial charge in [0.1, 0.15) is 5.75 Å². The number of fused-ring (bicyclic) bond motifs is 2. The standard InChI is InChI=1S/C14H10ClNO/c15-8-10-5-6-13-11(14(10)17)7-9-3-1-2-4-12(9)16-13/h1-7,17H,8H2. The Hall–Kier alpha value is -1.80. The number of rotatable bonds is 1. The third-order valence-electron chi connectivity index (χ3n) is 2.90. The normalized spacial score (nSPS) is 11.1. The number of alkyl halides is 1. The van der Waals surface area contributed by atoms with Crippen molar-refractivity contribution >= 4 is 33.4 Å². The molecule has 1 N–H and O–H groups in total. The van der Waals surface area contributed by atoms with Crippen LogP contribution in [0.1, 0.15) is 5.56 Å². The van der Waals surface area contributed by atoms with Crippen molar-refractivity contribution in [3.63, 3.8) is 0 Å². The summed E-state index contributed by atoms with van der Waals surface area (Å²) in [5.41, 5.74) is 2.45. The number of phenolic OH excluding ortho intramolecular Hbond substituents is 1. The Morgan fingerprint density at radius 1 is 1.06 bits per heavy atom. The van der Waals surface area contributed by atoms with Crippen LogP contribution in [0.3, 0.4) is 0 Å². The van der Waals surface area contributed by atoms with E-state index in [-0.39, 0.29) is 5.75 Å². The zero-order valence-corrected chi connectivity index (χ0v) is 9.78. The van der Waals surface area contributed by atoms with Crippen LogP contribution in [0, 0.1) is 0 Å². The number of hydrogen-bond donors (Lipinski definition) is 1. The Morgan fingerprint density at radius 3 is 2.71 bits per heavy atom. The largest absolute Gasteiger partial charge is 0.507 e. The minimum Gasteiger partial charge on any atom is -0.507 e. The van der Waals surface area contributed by atoms with Crippen LogP contribution in [0.4, 0.5) is 0 Å². The van der Waals surface area contributed by atoms with Gasteiger partial charge >= 0.3 is 0 Å². The van der Waals surface area contributed by atoms with E-state index in [2.05, 4.69) is 4.98 Å². The van der Waals surface area contributed by atoms with E-state index in [0.29, 0.717) is 5.88 Å². The first-order valence-electron chi connectivity index (χ1n) is 5.36. The molecule has 0 unspecified atom stereocenters. The fourth-order valence-electron chi connectivity index (χ4n) is 1.99. The lowest BCUT2D eigenvalue weighted by atomic mass is 10.1. The van der Waals surface area contributed by atoms with E-state index in [9.17, 15) is 5.11 Å². The first kappa shape index (κ1) is 10.4. The SMILES string of the molecule is Oc1c(CCl)ccc2nc3ccccc3cc12. The molecular weight excluding hydrogens is 234 g/mol. The van der Waals surface area contributed by atoms with Gasteiger partial charge in [-0.3, -0.25) is 0 Å². The van der Waals surface area contributed by atoms with Crippen molar-refractivity contribution in [3.05, 3.63) is 48.0 Å². The molecule has 0 amide bonds. The minimum absolute atomic E-state index is 0.232. The van der Waals surface area contributed by atoms with Gasteiger partial charge in [-0.2, -0.15) is 0 Å². The van der Waals surface area contributed by atoms with Gasteiger partial charge in [0.15, 0.2) is 0 Å². The highest BCUT2D eigenvalue weighted by atomic mass is 35.5. The molecule has 3 rings (SSSR count). The summed E-state index contributed by atoms with van der Waals surface area (Å²) in [5, 5.41) is 11.9. The van der Waals surface area contributed by atoms with Crippen LogP contribution in [0.2, 0.25) is 0 Å². The summed E-state index contributed by atoms with van der Waals surface area (Å²) in [7, 11) is 0. The monoisotopic (exact) mass is 243 g/mol. The zero-order chi connectivity index (χ0) is 11.8. The first-order chi connectivity index (χ1) is 8.29. The molecule has 0 atom stereocenters. The third-order valence-corrected chi connectivity index (χ3v) is 3.19. The molecule has 1 heterocycles. The van der Waals surface area contributed by atoms with Gasteiger partial charge in [-0.25, -0.2) is 4.98 Å². The molecule has 0 radical (unpaired) electrons. The van der Waals surface area contributed by atoms with Crippen molar-refractivity contribution in [2.45, 2.75) is 5.88 Å². The fourth-order valence-corrected chi connectivity index (χ4v) is 2.20. The maximum absolute atomic E-state index is 10.1. The predicted molar refractivity (Wildman–Crippen MR) is 70.5 cm³/mol. The number of hydrogen-bond acceptors (Lipinski definition) is 2. The van der Waals surface area contributed by atoms with Crippen LogP contribution >= 0.6 is 11.6 Å². The van der Waals surface area contributed by atoms with Gasteiger partial charge in [0, 0.05) is 16.3 Å². The summed E-state index contributed by atoms with van der Waals surface area (Å²) in [5.74, 6) is 0.532. The third kappa shape index (κ3) is 1.61. The highest BCUT2D eigenvalue weighted by Gasteiger charge is 2.07. The van der Waals surface area contributed by atoms with E-state index in [1.807, 2.05) is 42.5 Å². The van der Waals surface area contributed by atoms with Crippen molar-refractivity contribution < 1.29 is 5.11 Å². The smallest absolute Gasteiger partial charge is 0.129 e. The lowest BCUT2D eigenvalue weighted by Gasteiger charge is -2.06. The summed E-state index contributed by atoms with van der Waals surface area (Å²) in [6.45, 7) is 0. The molecular formula is C14H10ClNO. The van der Waals surface area contributed by atoms with E-state index in [4.69, 9.17) is 11.6 Å². The van der Waals surface area contributed by atoms with Gasteiger partial charge < -0.3 is 5.11 Å². The number of para-hydroxylation sites is 1. The molecule has 0 aliphatic rings. The second-order valence-electron chi connectivity index (χ2n) is 3.95. The van der Waals surface area contributed by atoms with Crippen LogP contribution in [0.15, 0.2) is 42.5 Å². The number of nitrogens with zero attached hydrogens (tertiary/aromatic N) is 1. The minimum atomic E-state index is 0.232. The van der Waals surface area contributed by atoms with E-state index >= 15 is 0 Å². The van der Waals surface area contributed by atoms with Gasteiger partial charge in [-0.05, 0) is 18.2 Å². The summed E-state index contributed by atoms with van der Waals surface area (Å²) in [6, 6.07) is 13.5. The summed E-state index contributed by atoms with van der Waals surface area (Å²) < 4.78 is 0. The van der Waals surface area contributed by atoms with Crippen LogP contribution in [-0.2, 0) is 5.88 Å². The number of benzene rings is 2. The fraction of sp³-hybridized carbons (Fsp3) is 0.0714. The van der Waals surface area contributed by atoms with Crippen molar-refractivity contribution in [1.82, 2.24) is 4.98 Å². The average molecular weight is 244 g/mol. The number of phenols is 1. The number of aromatic hydroxyl groups is 1. The maximum atomic E-state index is 10.1. The highest BCUT2D eigenvalue weighted by molar-refractivity contribution is 6.17. The van der Waals surface area contributed by atoms with E-state index in [0.717, 1.165) is 27.4 Å². The van der Waals surface area contributed by atoms with Crippen molar-refractivity contribution in [2.24, 2.45) is 0 Å². The molecule has 0 saturated heterocycles. The molecule has 17 heavy (non-hydrogen) atoms. The molecule has 0 saturated carbocycles. The molecule has 1 aromatic heterocycles. The molecule has 2 aromatic carbocycles. The zero-order valence-electron chi connectivity index (χ0n) is 9.02. The molecule has 0 aliphatic heterocycles. The first-order valence-corrected chi connectivity index (χ1v) is 5.89. The number of aromatic nitrogens is 1. The summed E-state index contributed by atoms with van der Waals surface area (Å²) in [4.78, 5) is 4.51. The van der Waals surface area contributed by atoms with Gasteiger partial charge in [0.2, 0.25) is 0 Å². The van der Waals surface area contributed by atoms with Crippen LogP contribution in [-0.4, -0.2) is 10.1 Å². The topological polar surface area (TPSA) is 33.1 Å². The maximum Gasteiger partial charge on any atom is 0.129 e. The quantitative estimate of drug-likeness (QED) is 0.520. The molecule has 0 bridgehead atoms. The summed E-state index contributed by atoms with van der Waals surface area (Å²) >= 11 is 5.77. The number of pyridine rings is 1. The van der Waals surface area contributed by atoms with Gasteiger partial charge in [0.25, 0.3) is 0 Å². The number of halogens is 1.